The standard InChI is InChI=1S/C17H26N2O2/c1-5-14(19-11-17(2,3)16(20)18-4)12-6-7-15-13(10-12)8-9-21-15/h6-7,10,14,19H,5,8-9,11H2,1-4H3,(H,18,20)/t14-/m0/s1. The third kappa shape index (κ3) is 3.56. The van der Waals surface area contributed by atoms with Crippen LogP contribution >= 0.6 is 0 Å². The van der Waals surface area contributed by atoms with Crippen molar-refractivity contribution in [2.45, 2.75) is 39.7 Å². The SMILES string of the molecule is CC[C@H](NCC(C)(C)C(=O)NC)c1ccc2c(c1)CCO2. The molecule has 0 spiro atoms. The van der Waals surface area contributed by atoms with Crippen LogP contribution in [0.15, 0.2) is 18.2 Å². The van der Waals surface area contributed by atoms with E-state index in [0.29, 0.717) is 6.54 Å². The highest BCUT2D eigenvalue weighted by Gasteiger charge is 2.27. The fraction of sp³-hybridized carbons (Fsp3) is 0.588. The second kappa shape index (κ2) is 6.48. The molecule has 0 bridgehead atoms. The zero-order valence-corrected chi connectivity index (χ0v) is 13.5. The van der Waals surface area contributed by atoms with Crippen LogP contribution < -0.4 is 15.4 Å². The third-order valence-corrected chi connectivity index (χ3v) is 4.16. The molecule has 1 atom stereocenters. The predicted octanol–water partition coefficient (Wildman–Crippen LogP) is 2.43. The van der Waals surface area contributed by atoms with Crippen LogP contribution in [0.25, 0.3) is 0 Å². The summed E-state index contributed by atoms with van der Waals surface area (Å²) < 4.78 is 5.55. The number of hydrogen-bond acceptors (Lipinski definition) is 3. The maximum atomic E-state index is 11.9. The molecular formula is C17H26N2O2. The Kier molecular flexibility index (Phi) is 4.88. The largest absolute Gasteiger partial charge is 0.493 e. The van der Waals surface area contributed by atoms with Crippen molar-refractivity contribution >= 4 is 5.91 Å². The van der Waals surface area contributed by atoms with E-state index in [4.69, 9.17) is 4.74 Å². The van der Waals surface area contributed by atoms with Crippen LogP contribution in [-0.2, 0) is 11.2 Å². The smallest absolute Gasteiger partial charge is 0.226 e. The van der Waals surface area contributed by atoms with E-state index >= 15 is 0 Å². The topological polar surface area (TPSA) is 50.4 Å². The van der Waals surface area contributed by atoms with Gasteiger partial charge < -0.3 is 15.4 Å². The quantitative estimate of drug-likeness (QED) is 0.846. The lowest BCUT2D eigenvalue weighted by atomic mass is 9.91. The van der Waals surface area contributed by atoms with Gasteiger partial charge in [-0.3, -0.25) is 4.79 Å². The molecule has 0 saturated carbocycles. The van der Waals surface area contributed by atoms with Crippen molar-refractivity contribution in [3.05, 3.63) is 29.3 Å². The van der Waals surface area contributed by atoms with Gasteiger partial charge in [0.1, 0.15) is 5.75 Å². The molecule has 0 unspecified atom stereocenters. The molecule has 0 saturated heterocycles. The molecule has 1 heterocycles. The average Bonchev–Trinajstić information content (AvgIpc) is 2.94. The van der Waals surface area contributed by atoms with Crippen LogP contribution in [0.4, 0.5) is 0 Å². The number of nitrogens with one attached hydrogen (secondary N) is 2. The van der Waals surface area contributed by atoms with Gasteiger partial charge >= 0.3 is 0 Å². The van der Waals surface area contributed by atoms with Gasteiger partial charge in [0.05, 0.1) is 12.0 Å². The summed E-state index contributed by atoms with van der Waals surface area (Å²) in [7, 11) is 1.68. The van der Waals surface area contributed by atoms with Gasteiger partial charge in [0.15, 0.2) is 0 Å². The summed E-state index contributed by atoms with van der Waals surface area (Å²) in [6, 6.07) is 6.68. The number of fused-ring (bicyclic) bond motifs is 1. The molecule has 1 aromatic carbocycles. The fourth-order valence-corrected chi connectivity index (χ4v) is 2.72. The van der Waals surface area contributed by atoms with E-state index in [2.05, 4.69) is 35.8 Å². The minimum atomic E-state index is -0.415. The third-order valence-electron chi connectivity index (χ3n) is 4.16. The minimum absolute atomic E-state index is 0.0622. The lowest BCUT2D eigenvalue weighted by molar-refractivity contribution is -0.128. The first-order valence-electron chi connectivity index (χ1n) is 7.69. The molecule has 0 aromatic heterocycles. The van der Waals surface area contributed by atoms with Crippen molar-refractivity contribution in [1.82, 2.24) is 10.6 Å². The van der Waals surface area contributed by atoms with Gasteiger partial charge in [-0.25, -0.2) is 0 Å². The first-order valence-corrected chi connectivity index (χ1v) is 7.69. The first-order chi connectivity index (χ1) is 9.97. The van der Waals surface area contributed by atoms with Crippen molar-refractivity contribution in [2.75, 3.05) is 20.2 Å². The van der Waals surface area contributed by atoms with Crippen molar-refractivity contribution in [3.63, 3.8) is 0 Å². The van der Waals surface area contributed by atoms with E-state index in [1.807, 2.05) is 13.8 Å². The molecule has 1 aliphatic heterocycles. The Bertz CT molecular complexity index is 512. The molecule has 4 nitrogen and oxygen atoms in total. The number of amides is 1. The summed E-state index contributed by atoms with van der Waals surface area (Å²) in [4.78, 5) is 11.9. The normalized spacial score (nSPS) is 15.2. The number of rotatable bonds is 6. The predicted molar refractivity (Wildman–Crippen MR) is 84.5 cm³/mol. The Morgan fingerprint density at radius 3 is 2.86 bits per heavy atom. The number of carbonyl (C=O) groups is 1. The van der Waals surface area contributed by atoms with Gasteiger partial charge in [0.25, 0.3) is 0 Å². The lowest BCUT2D eigenvalue weighted by Gasteiger charge is -2.27. The van der Waals surface area contributed by atoms with Crippen LogP contribution in [0.1, 0.15) is 44.4 Å². The molecule has 1 aromatic rings. The fourth-order valence-electron chi connectivity index (χ4n) is 2.72. The highest BCUT2D eigenvalue weighted by Crippen LogP contribution is 2.29. The Morgan fingerprint density at radius 2 is 2.19 bits per heavy atom. The molecule has 0 radical (unpaired) electrons. The summed E-state index contributed by atoms with van der Waals surface area (Å²) in [5.41, 5.74) is 2.15. The Balaban J connectivity index is 2.05. The van der Waals surface area contributed by atoms with Crippen molar-refractivity contribution in [3.8, 4) is 5.75 Å². The highest BCUT2D eigenvalue weighted by molar-refractivity contribution is 5.81. The molecule has 0 fully saturated rings. The maximum absolute atomic E-state index is 11.9. The molecule has 2 rings (SSSR count). The second-order valence-corrected chi connectivity index (χ2v) is 6.27. The molecular weight excluding hydrogens is 264 g/mol. The van der Waals surface area contributed by atoms with Crippen molar-refractivity contribution < 1.29 is 9.53 Å². The van der Waals surface area contributed by atoms with Gasteiger partial charge in [-0.2, -0.15) is 0 Å². The number of benzene rings is 1. The summed E-state index contributed by atoms with van der Waals surface area (Å²) in [5, 5.41) is 6.26. The van der Waals surface area contributed by atoms with Crippen LogP contribution in [0.2, 0.25) is 0 Å². The molecule has 0 aliphatic carbocycles. The zero-order chi connectivity index (χ0) is 15.5. The van der Waals surface area contributed by atoms with Gasteiger partial charge in [-0.05, 0) is 37.5 Å². The molecule has 4 heteroatoms. The van der Waals surface area contributed by atoms with E-state index in [0.717, 1.165) is 25.2 Å². The summed E-state index contributed by atoms with van der Waals surface area (Å²) in [5.74, 6) is 1.08. The number of ether oxygens (including phenoxy) is 1. The van der Waals surface area contributed by atoms with Crippen molar-refractivity contribution in [1.29, 1.82) is 0 Å². The van der Waals surface area contributed by atoms with E-state index in [-0.39, 0.29) is 11.9 Å². The van der Waals surface area contributed by atoms with Crippen LogP contribution in [-0.4, -0.2) is 26.1 Å². The first kappa shape index (κ1) is 15.8. The van der Waals surface area contributed by atoms with E-state index in [1.165, 1.54) is 11.1 Å². The Labute approximate surface area is 127 Å². The average molecular weight is 290 g/mol. The Morgan fingerprint density at radius 1 is 1.43 bits per heavy atom. The molecule has 1 aliphatic rings. The van der Waals surface area contributed by atoms with Crippen LogP contribution in [0.5, 0.6) is 5.75 Å². The van der Waals surface area contributed by atoms with Crippen LogP contribution in [0.3, 0.4) is 0 Å². The van der Waals surface area contributed by atoms with Crippen molar-refractivity contribution in [2.24, 2.45) is 5.41 Å². The van der Waals surface area contributed by atoms with Gasteiger partial charge in [0, 0.05) is 26.1 Å². The summed E-state index contributed by atoms with van der Waals surface area (Å²) in [6.45, 7) is 7.52. The second-order valence-electron chi connectivity index (χ2n) is 6.27. The number of carbonyl (C=O) groups excluding carboxylic acids is 1. The highest BCUT2D eigenvalue weighted by atomic mass is 16.5. The molecule has 1 amide bonds. The lowest BCUT2D eigenvalue weighted by Crippen LogP contribution is -2.42. The Hall–Kier alpha value is -1.55. The zero-order valence-electron chi connectivity index (χ0n) is 13.5. The molecule has 116 valence electrons. The van der Waals surface area contributed by atoms with E-state index in [1.54, 1.807) is 7.05 Å². The monoisotopic (exact) mass is 290 g/mol. The van der Waals surface area contributed by atoms with Gasteiger partial charge in [0.2, 0.25) is 5.91 Å². The minimum Gasteiger partial charge on any atom is -0.493 e. The summed E-state index contributed by atoms with van der Waals surface area (Å²) in [6.07, 6.45) is 1.98. The maximum Gasteiger partial charge on any atom is 0.226 e. The molecule has 21 heavy (non-hydrogen) atoms. The van der Waals surface area contributed by atoms with Gasteiger partial charge in [-0.1, -0.05) is 19.1 Å². The van der Waals surface area contributed by atoms with E-state index in [9.17, 15) is 4.79 Å². The van der Waals surface area contributed by atoms with Crippen LogP contribution in [0, 0.1) is 5.41 Å². The summed E-state index contributed by atoms with van der Waals surface area (Å²) >= 11 is 0. The molecule has 2 N–H and O–H groups in total. The number of hydrogen-bond donors (Lipinski definition) is 2. The van der Waals surface area contributed by atoms with Gasteiger partial charge in [-0.15, -0.1) is 0 Å². The van der Waals surface area contributed by atoms with E-state index < -0.39 is 5.41 Å².